The molecular weight excluding hydrogens is 355 g/mol. The molecule has 29 heavy (non-hydrogen) atoms. The van der Waals surface area contributed by atoms with E-state index in [0.717, 1.165) is 17.8 Å². The summed E-state index contributed by atoms with van der Waals surface area (Å²) in [4.78, 5) is 0. The maximum Gasteiger partial charge on any atom is 0.123 e. The molecule has 3 rings (SSSR count). The lowest BCUT2D eigenvalue weighted by Gasteiger charge is -2.29. The first-order valence-electron chi connectivity index (χ1n) is 12.7. The van der Waals surface area contributed by atoms with Gasteiger partial charge in [0, 0.05) is 0 Å². The van der Waals surface area contributed by atoms with Crippen LogP contribution in [0.1, 0.15) is 115 Å². The Morgan fingerprint density at radius 3 is 1.90 bits per heavy atom. The summed E-state index contributed by atoms with van der Waals surface area (Å²) in [6.45, 7) is 2.30. The van der Waals surface area contributed by atoms with Gasteiger partial charge in [-0.2, -0.15) is 0 Å². The standard InChI is InChI=1S/C28H43F/c1-2-3-4-5-6-7-8-23-9-11-24(12-10-23)13-14-25-15-17-26(18-16-25)27-19-21-28(29)22-20-27/h13-14,19-26H,2-12,15-18H2,1H3/b14-13+. The van der Waals surface area contributed by atoms with Crippen LogP contribution < -0.4 is 0 Å². The summed E-state index contributed by atoms with van der Waals surface area (Å²) in [6, 6.07) is 7.20. The van der Waals surface area contributed by atoms with Crippen LogP contribution in [-0.4, -0.2) is 0 Å². The zero-order valence-corrected chi connectivity index (χ0v) is 18.8. The molecule has 0 spiro atoms. The van der Waals surface area contributed by atoms with E-state index in [1.807, 2.05) is 12.1 Å². The Balaban J connectivity index is 1.28. The molecular formula is C28H43F. The lowest BCUT2D eigenvalue weighted by Crippen LogP contribution is -2.14. The van der Waals surface area contributed by atoms with Crippen LogP contribution in [0.15, 0.2) is 36.4 Å². The second-order valence-electron chi connectivity index (χ2n) is 9.89. The molecule has 0 heterocycles. The van der Waals surface area contributed by atoms with Gasteiger partial charge in [0.2, 0.25) is 0 Å². The van der Waals surface area contributed by atoms with Crippen LogP contribution in [0.5, 0.6) is 0 Å². The van der Waals surface area contributed by atoms with Crippen LogP contribution in [0.25, 0.3) is 0 Å². The van der Waals surface area contributed by atoms with Gasteiger partial charge in [-0.3, -0.25) is 0 Å². The molecule has 162 valence electrons. The topological polar surface area (TPSA) is 0 Å². The minimum atomic E-state index is -0.118. The number of unbranched alkanes of at least 4 members (excludes halogenated alkanes) is 5. The van der Waals surface area contributed by atoms with E-state index in [2.05, 4.69) is 19.1 Å². The third kappa shape index (κ3) is 7.91. The Morgan fingerprint density at radius 2 is 1.28 bits per heavy atom. The van der Waals surface area contributed by atoms with Crippen LogP contribution >= 0.6 is 0 Å². The summed E-state index contributed by atoms with van der Waals surface area (Å²) in [5.41, 5.74) is 1.33. The predicted molar refractivity (Wildman–Crippen MR) is 124 cm³/mol. The fraction of sp³-hybridized carbons (Fsp3) is 0.714. The molecule has 0 saturated heterocycles. The van der Waals surface area contributed by atoms with Crippen molar-refractivity contribution >= 4 is 0 Å². The normalized spacial score (nSPS) is 28.1. The average Bonchev–Trinajstić information content (AvgIpc) is 2.76. The molecule has 2 aliphatic carbocycles. The Kier molecular flexibility index (Phi) is 9.77. The highest BCUT2D eigenvalue weighted by Crippen LogP contribution is 2.37. The number of benzene rings is 1. The monoisotopic (exact) mass is 398 g/mol. The number of allylic oxidation sites excluding steroid dienone is 2. The Bertz CT molecular complexity index is 571. The van der Waals surface area contributed by atoms with Gasteiger partial charge < -0.3 is 0 Å². The zero-order chi connectivity index (χ0) is 20.3. The molecule has 1 aromatic rings. The highest BCUT2D eigenvalue weighted by Gasteiger charge is 2.22. The van der Waals surface area contributed by atoms with Crippen molar-refractivity contribution < 1.29 is 4.39 Å². The number of hydrogen-bond donors (Lipinski definition) is 0. The van der Waals surface area contributed by atoms with Gasteiger partial charge in [-0.1, -0.05) is 76.2 Å². The molecule has 0 N–H and O–H groups in total. The van der Waals surface area contributed by atoms with E-state index < -0.39 is 0 Å². The lowest BCUT2D eigenvalue weighted by atomic mass is 9.77. The fourth-order valence-corrected chi connectivity index (χ4v) is 5.58. The molecule has 0 nitrogen and oxygen atoms in total. The number of halogens is 1. The molecule has 0 amide bonds. The van der Waals surface area contributed by atoms with Crippen molar-refractivity contribution in [2.24, 2.45) is 17.8 Å². The lowest BCUT2D eigenvalue weighted by molar-refractivity contribution is 0.287. The zero-order valence-electron chi connectivity index (χ0n) is 18.8. The van der Waals surface area contributed by atoms with Crippen LogP contribution in [0.2, 0.25) is 0 Å². The van der Waals surface area contributed by atoms with Gasteiger partial charge in [0.15, 0.2) is 0 Å². The highest BCUT2D eigenvalue weighted by atomic mass is 19.1. The molecule has 2 fully saturated rings. The average molecular weight is 399 g/mol. The van der Waals surface area contributed by atoms with Gasteiger partial charge in [0.05, 0.1) is 0 Å². The predicted octanol–water partition coefficient (Wildman–Crippen LogP) is 9.21. The SMILES string of the molecule is CCCCCCCCC1CCC(/C=C/C2CCC(c3ccc(F)cc3)CC2)CC1. The van der Waals surface area contributed by atoms with Crippen LogP contribution in [0.4, 0.5) is 4.39 Å². The van der Waals surface area contributed by atoms with E-state index in [4.69, 9.17) is 0 Å². The molecule has 0 bridgehead atoms. The number of rotatable bonds is 10. The highest BCUT2D eigenvalue weighted by molar-refractivity contribution is 5.21. The van der Waals surface area contributed by atoms with Crippen LogP contribution in [0, 0.1) is 23.6 Å². The van der Waals surface area contributed by atoms with Gasteiger partial charge in [-0.05, 0) is 92.7 Å². The molecule has 2 aliphatic rings. The molecule has 2 saturated carbocycles. The summed E-state index contributed by atoms with van der Waals surface area (Å²) in [5, 5.41) is 0. The summed E-state index contributed by atoms with van der Waals surface area (Å²) >= 11 is 0. The second kappa shape index (κ2) is 12.6. The van der Waals surface area contributed by atoms with Gasteiger partial charge >= 0.3 is 0 Å². The van der Waals surface area contributed by atoms with E-state index in [0.29, 0.717) is 5.92 Å². The van der Waals surface area contributed by atoms with E-state index in [9.17, 15) is 4.39 Å². The van der Waals surface area contributed by atoms with Crippen molar-refractivity contribution in [1.82, 2.24) is 0 Å². The van der Waals surface area contributed by atoms with E-state index in [1.165, 1.54) is 102 Å². The summed E-state index contributed by atoms with van der Waals surface area (Å²) < 4.78 is 13.1. The number of hydrogen-bond acceptors (Lipinski definition) is 0. The van der Waals surface area contributed by atoms with E-state index in [-0.39, 0.29) is 5.82 Å². The first-order valence-corrected chi connectivity index (χ1v) is 12.7. The largest absolute Gasteiger partial charge is 0.207 e. The van der Waals surface area contributed by atoms with Gasteiger partial charge in [0.25, 0.3) is 0 Å². The second-order valence-corrected chi connectivity index (χ2v) is 9.89. The van der Waals surface area contributed by atoms with Crippen molar-refractivity contribution in [2.45, 2.75) is 109 Å². The van der Waals surface area contributed by atoms with Gasteiger partial charge in [-0.15, -0.1) is 0 Å². The van der Waals surface area contributed by atoms with Gasteiger partial charge in [0.1, 0.15) is 5.82 Å². The molecule has 0 unspecified atom stereocenters. The smallest absolute Gasteiger partial charge is 0.123 e. The van der Waals surface area contributed by atoms with Crippen molar-refractivity contribution in [1.29, 1.82) is 0 Å². The van der Waals surface area contributed by atoms with E-state index in [1.54, 1.807) is 12.1 Å². The van der Waals surface area contributed by atoms with Crippen LogP contribution in [0.3, 0.4) is 0 Å². The first kappa shape index (κ1) is 22.6. The van der Waals surface area contributed by atoms with E-state index >= 15 is 0 Å². The summed E-state index contributed by atoms with van der Waals surface area (Å²) in [7, 11) is 0. The summed E-state index contributed by atoms with van der Waals surface area (Å²) in [5.74, 6) is 3.14. The Morgan fingerprint density at radius 1 is 0.724 bits per heavy atom. The Labute approximate surface area is 179 Å². The molecule has 0 radical (unpaired) electrons. The Hall–Kier alpha value is -1.11. The minimum Gasteiger partial charge on any atom is -0.207 e. The fourth-order valence-electron chi connectivity index (χ4n) is 5.58. The molecule has 0 atom stereocenters. The van der Waals surface area contributed by atoms with Crippen molar-refractivity contribution in [3.8, 4) is 0 Å². The molecule has 1 heteroatoms. The van der Waals surface area contributed by atoms with Crippen LogP contribution in [-0.2, 0) is 0 Å². The van der Waals surface area contributed by atoms with Gasteiger partial charge in [-0.25, -0.2) is 4.39 Å². The third-order valence-electron chi connectivity index (χ3n) is 7.63. The van der Waals surface area contributed by atoms with Crippen molar-refractivity contribution in [2.75, 3.05) is 0 Å². The van der Waals surface area contributed by atoms with Crippen molar-refractivity contribution in [3.05, 3.63) is 47.8 Å². The van der Waals surface area contributed by atoms with Crippen molar-refractivity contribution in [3.63, 3.8) is 0 Å². The first-order chi connectivity index (χ1) is 14.2. The molecule has 0 aliphatic heterocycles. The maximum atomic E-state index is 13.1. The maximum absolute atomic E-state index is 13.1. The third-order valence-corrected chi connectivity index (χ3v) is 7.63. The molecule has 0 aromatic heterocycles. The quantitative estimate of drug-likeness (QED) is 0.272. The minimum absolute atomic E-state index is 0.118. The summed E-state index contributed by atoms with van der Waals surface area (Å²) in [6.07, 6.45) is 26.1. The molecule has 1 aromatic carbocycles.